The third kappa shape index (κ3) is 1.95. The second-order valence-corrected chi connectivity index (χ2v) is 6.05. The van der Waals surface area contributed by atoms with Crippen LogP contribution in [0.3, 0.4) is 0 Å². The largest absolute Gasteiger partial charge is 0.538 e. The number of phenolic OH excluding ortho intramolecular Hbond substituents is 1. The summed E-state index contributed by atoms with van der Waals surface area (Å²) in [5.74, 6) is 1.77. The van der Waals surface area contributed by atoms with Crippen LogP contribution in [-0.4, -0.2) is 11.8 Å². The van der Waals surface area contributed by atoms with Crippen molar-refractivity contribution in [2.24, 2.45) is 0 Å². The number of fused-ring (bicyclic) bond motifs is 1. The second-order valence-electron chi connectivity index (χ2n) is 3.96. The first-order valence-corrected chi connectivity index (χ1v) is 7.48. The summed E-state index contributed by atoms with van der Waals surface area (Å²) in [6.07, 6.45) is 0. The quantitative estimate of drug-likeness (QED) is 0.840. The van der Waals surface area contributed by atoms with Gasteiger partial charge in [-0.2, -0.15) is 0 Å². The highest BCUT2D eigenvalue weighted by molar-refractivity contribution is 7.62. The predicted octanol–water partition coefficient (Wildman–Crippen LogP) is 3.63. The Morgan fingerprint density at radius 3 is 2.11 bits per heavy atom. The number of hydrogen-bond acceptors (Lipinski definition) is 4. The first-order valence-electron chi connectivity index (χ1n) is 5.49. The van der Waals surface area contributed by atoms with Crippen molar-refractivity contribution in [3.63, 3.8) is 0 Å². The summed E-state index contributed by atoms with van der Waals surface area (Å²) in [6, 6.07) is 14.2. The van der Waals surface area contributed by atoms with Crippen LogP contribution in [0.25, 0.3) is 0 Å². The molecule has 0 aromatic heterocycles. The van der Waals surface area contributed by atoms with E-state index in [1.54, 1.807) is 30.9 Å². The van der Waals surface area contributed by atoms with Crippen molar-refractivity contribution in [3.8, 4) is 23.0 Å². The van der Waals surface area contributed by atoms with Gasteiger partial charge in [-0.3, -0.25) is 13.6 Å². The van der Waals surface area contributed by atoms with Gasteiger partial charge < -0.3 is 5.11 Å². The molecule has 0 saturated heterocycles. The van der Waals surface area contributed by atoms with Gasteiger partial charge in [0.15, 0.2) is 12.4 Å². The fourth-order valence-electron chi connectivity index (χ4n) is 1.73. The van der Waals surface area contributed by atoms with E-state index in [9.17, 15) is 5.11 Å². The van der Waals surface area contributed by atoms with Gasteiger partial charge in [0.2, 0.25) is 17.2 Å². The Hall–Kier alpha value is -1.93. The summed E-state index contributed by atoms with van der Waals surface area (Å²) in [5, 5.41) is 9.68. The van der Waals surface area contributed by atoms with Crippen LogP contribution in [0, 0.1) is 0 Å². The van der Waals surface area contributed by atoms with Gasteiger partial charge in [0.1, 0.15) is 0 Å². The first-order chi connectivity index (χ1) is 8.66. The molecule has 0 unspecified atom stereocenters. The van der Waals surface area contributed by atoms with Gasteiger partial charge in [0, 0.05) is 0 Å². The molecule has 0 bridgehead atoms. The second kappa shape index (κ2) is 4.07. The molecule has 3 rings (SSSR count). The highest BCUT2D eigenvalue weighted by atomic mass is 31.2. The Morgan fingerprint density at radius 1 is 0.944 bits per heavy atom. The van der Waals surface area contributed by atoms with E-state index in [-0.39, 0.29) is 5.75 Å². The zero-order valence-electron chi connectivity index (χ0n) is 9.74. The van der Waals surface area contributed by atoms with Crippen LogP contribution < -0.4 is 13.6 Å². The van der Waals surface area contributed by atoms with Crippen molar-refractivity contribution in [1.82, 2.24) is 0 Å². The third-order valence-electron chi connectivity index (χ3n) is 2.51. The summed E-state index contributed by atoms with van der Waals surface area (Å²) in [4.78, 5) is 0. The Balaban J connectivity index is 1.85. The van der Waals surface area contributed by atoms with E-state index < -0.39 is 7.94 Å². The Kier molecular flexibility index (Phi) is 2.53. The smallest absolute Gasteiger partial charge is 0.504 e. The highest BCUT2D eigenvalue weighted by Gasteiger charge is 2.50. The number of rotatable bonds is 2. The van der Waals surface area contributed by atoms with Crippen molar-refractivity contribution in [1.29, 1.82) is 0 Å². The molecule has 4 nitrogen and oxygen atoms in total. The zero-order valence-corrected chi connectivity index (χ0v) is 10.6. The molecule has 0 saturated carbocycles. The molecule has 0 aliphatic carbocycles. The summed E-state index contributed by atoms with van der Waals surface area (Å²) < 4.78 is 17.1. The van der Waals surface area contributed by atoms with E-state index in [1.807, 2.05) is 24.3 Å². The maximum atomic E-state index is 9.68. The summed E-state index contributed by atoms with van der Waals surface area (Å²) in [7, 11) is -2.51. The van der Waals surface area contributed by atoms with Gasteiger partial charge in [-0.05, 0) is 24.3 Å². The van der Waals surface area contributed by atoms with Crippen LogP contribution in [0.2, 0.25) is 0 Å². The lowest BCUT2D eigenvalue weighted by molar-refractivity contribution is 0.384. The van der Waals surface area contributed by atoms with Crippen LogP contribution in [0.4, 0.5) is 0 Å². The summed E-state index contributed by atoms with van der Waals surface area (Å²) >= 11 is 0. The Labute approximate surface area is 105 Å². The number of aromatic hydroxyl groups is 1. The van der Waals surface area contributed by atoms with Crippen molar-refractivity contribution < 1.29 is 18.7 Å². The van der Waals surface area contributed by atoms with Crippen LogP contribution in [0.15, 0.2) is 48.5 Å². The van der Waals surface area contributed by atoms with Crippen LogP contribution >= 0.6 is 7.94 Å². The lowest BCUT2D eigenvalue weighted by Gasteiger charge is -2.12. The minimum atomic E-state index is -2.51. The topological polar surface area (TPSA) is 47.9 Å². The monoisotopic (exact) mass is 263 g/mol. The lowest BCUT2D eigenvalue weighted by atomic mass is 10.3. The maximum Gasteiger partial charge on any atom is 0.538 e. The molecule has 1 heterocycles. The Morgan fingerprint density at radius 2 is 1.50 bits per heavy atom. The summed E-state index contributed by atoms with van der Waals surface area (Å²) in [6.45, 7) is 1.76. The van der Waals surface area contributed by atoms with Gasteiger partial charge in [-0.1, -0.05) is 24.3 Å². The third-order valence-corrected chi connectivity index (χ3v) is 4.09. The Bertz CT molecular complexity index is 560. The minimum Gasteiger partial charge on any atom is -0.504 e. The molecule has 0 spiro atoms. The van der Waals surface area contributed by atoms with Gasteiger partial charge in [0.05, 0.1) is 0 Å². The van der Waals surface area contributed by atoms with E-state index in [0.29, 0.717) is 17.2 Å². The number of benzene rings is 2. The highest BCUT2D eigenvalue weighted by Crippen LogP contribution is 2.65. The molecule has 2 aromatic carbocycles. The van der Waals surface area contributed by atoms with E-state index in [1.165, 1.54) is 0 Å². The molecule has 92 valence electrons. The van der Waals surface area contributed by atoms with E-state index in [2.05, 4.69) is 0 Å². The molecular formula is C13H12O4P+. The maximum absolute atomic E-state index is 9.68. The molecule has 18 heavy (non-hydrogen) atoms. The molecule has 2 aromatic rings. The normalized spacial score (nSPS) is 15.4. The number of phenols is 1. The van der Waals surface area contributed by atoms with Crippen molar-refractivity contribution in [3.05, 3.63) is 48.5 Å². The van der Waals surface area contributed by atoms with E-state index >= 15 is 0 Å². The molecule has 1 aliphatic heterocycles. The average molecular weight is 263 g/mol. The standard InChI is InChI=1S/C13H11O4P/c1-18(15-11-7-3-2-6-10(11)14)16-12-8-4-5-9-13(12)17-18/h2-9H,1H3/p+1. The van der Waals surface area contributed by atoms with Crippen LogP contribution in [-0.2, 0) is 0 Å². The molecule has 0 amide bonds. The van der Waals surface area contributed by atoms with E-state index in [0.717, 1.165) is 0 Å². The van der Waals surface area contributed by atoms with Crippen molar-refractivity contribution in [2.45, 2.75) is 0 Å². The van der Waals surface area contributed by atoms with Gasteiger partial charge in [-0.15, -0.1) is 0 Å². The van der Waals surface area contributed by atoms with Crippen molar-refractivity contribution in [2.75, 3.05) is 6.66 Å². The SMILES string of the molecule is C[P+]1(Oc2ccccc2O)Oc2ccccc2O1. The average Bonchev–Trinajstić information content (AvgIpc) is 2.68. The molecule has 5 heteroatoms. The van der Waals surface area contributed by atoms with Crippen LogP contribution in [0.1, 0.15) is 0 Å². The lowest BCUT2D eigenvalue weighted by Crippen LogP contribution is -2.07. The van der Waals surface area contributed by atoms with Crippen LogP contribution in [0.5, 0.6) is 23.0 Å². The predicted molar refractivity (Wildman–Crippen MR) is 69.3 cm³/mol. The molecule has 0 radical (unpaired) electrons. The molecular weight excluding hydrogens is 251 g/mol. The molecule has 0 fully saturated rings. The molecule has 1 aliphatic rings. The first kappa shape index (κ1) is 11.2. The molecule has 1 N–H and O–H groups in total. The van der Waals surface area contributed by atoms with Gasteiger partial charge >= 0.3 is 7.94 Å². The number of para-hydroxylation sites is 4. The fraction of sp³-hybridized carbons (Fsp3) is 0.0769. The minimum absolute atomic E-state index is 0.0712. The number of hydrogen-bond donors (Lipinski definition) is 1. The zero-order chi connectivity index (χ0) is 12.6. The van der Waals surface area contributed by atoms with Gasteiger partial charge in [0.25, 0.3) is 0 Å². The molecule has 0 atom stereocenters. The summed E-state index contributed by atoms with van der Waals surface area (Å²) in [5.41, 5.74) is 0. The van der Waals surface area contributed by atoms with Gasteiger partial charge in [-0.25, -0.2) is 0 Å². The van der Waals surface area contributed by atoms with E-state index in [4.69, 9.17) is 13.6 Å². The van der Waals surface area contributed by atoms with Crippen molar-refractivity contribution >= 4 is 7.94 Å². The fourth-order valence-corrected chi connectivity index (χ4v) is 3.37.